The van der Waals surface area contributed by atoms with Crippen LogP contribution in [0.2, 0.25) is 0 Å². The highest BCUT2D eigenvalue weighted by Crippen LogP contribution is 1.91. The maximum absolute atomic E-state index is 3.56. The topological polar surface area (TPSA) is 12.4 Å². The SMILES string of the molecule is C=C=C=C=C=C(C#CC#CC)/C=C\N=C. The molecule has 0 aliphatic carbocycles. The molecule has 0 aliphatic rings. The lowest BCUT2D eigenvalue weighted by Crippen LogP contribution is -1.66. The van der Waals surface area contributed by atoms with Gasteiger partial charge in [-0.1, -0.05) is 11.7 Å². The lowest BCUT2D eigenvalue weighted by Gasteiger charge is -1.78. The van der Waals surface area contributed by atoms with E-state index in [0.717, 1.165) is 0 Å². The Labute approximate surface area is 90.2 Å². The van der Waals surface area contributed by atoms with Crippen LogP contribution in [0.3, 0.4) is 0 Å². The highest BCUT2D eigenvalue weighted by molar-refractivity contribution is 5.42. The van der Waals surface area contributed by atoms with Crippen LogP contribution in [0.15, 0.2) is 52.3 Å². The minimum absolute atomic E-state index is 0.591. The molecule has 1 heteroatoms. The van der Waals surface area contributed by atoms with Crippen LogP contribution in [0.5, 0.6) is 0 Å². The Morgan fingerprint density at radius 1 is 1.27 bits per heavy atom. The Bertz CT molecular complexity index is 528. The summed E-state index contributed by atoms with van der Waals surface area (Å²) < 4.78 is 0. The fourth-order valence-corrected chi connectivity index (χ4v) is 0.546. The van der Waals surface area contributed by atoms with Crippen molar-refractivity contribution in [2.24, 2.45) is 4.99 Å². The maximum atomic E-state index is 3.56. The Kier molecular flexibility index (Phi) is 7.83. The number of allylic oxidation sites excluding steroid dienone is 2. The van der Waals surface area contributed by atoms with Gasteiger partial charge in [0.25, 0.3) is 0 Å². The van der Waals surface area contributed by atoms with Crippen molar-refractivity contribution in [2.45, 2.75) is 6.92 Å². The Morgan fingerprint density at radius 3 is 2.67 bits per heavy atom. The molecule has 0 aromatic rings. The summed E-state index contributed by atoms with van der Waals surface area (Å²) in [5, 5.41) is 0. The normalized spacial score (nSPS) is 6.47. The van der Waals surface area contributed by atoms with Gasteiger partial charge in [0.05, 0.1) is 5.57 Å². The monoisotopic (exact) mass is 191 g/mol. The number of hydrogen-bond donors (Lipinski definition) is 0. The number of nitrogens with zero attached hydrogens (tertiary/aromatic N) is 1. The summed E-state index contributed by atoms with van der Waals surface area (Å²) in [5.41, 5.74) is 10.9. The fraction of sp³-hybridized carbons (Fsp3) is 0.0714. The smallest absolute Gasteiger partial charge is 0.0779 e. The van der Waals surface area contributed by atoms with Gasteiger partial charge in [-0.2, -0.15) is 0 Å². The molecule has 70 valence electrons. The fourth-order valence-electron chi connectivity index (χ4n) is 0.546. The van der Waals surface area contributed by atoms with Gasteiger partial charge in [-0.05, 0) is 61.3 Å². The van der Waals surface area contributed by atoms with E-state index >= 15 is 0 Å². The second kappa shape index (κ2) is 9.48. The van der Waals surface area contributed by atoms with E-state index < -0.39 is 0 Å². The molecule has 0 N–H and O–H groups in total. The van der Waals surface area contributed by atoms with Crippen LogP contribution in [-0.4, -0.2) is 6.72 Å². The van der Waals surface area contributed by atoms with Crippen molar-refractivity contribution in [3.05, 3.63) is 47.4 Å². The van der Waals surface area contributed by atoms with Gasteiger partial charge in [-0.15, -0.1) is 0 Å². The quantitative estimate of drug-likeness (QED) is 0.275. The number of rotatable bonds is 2. The van der Waals surface area contributed by atoms with Crippen molar-refractivity contribution < 1.29 is 0 Å². The van der Waals surface area contributed by atoms with E-state index in [1.54, 1.807) is 13.0 Å². The molecule has 0 aliphatic heterocycles. The summed E-state index contributed by atoms with van der Waals surface area (Å²) >= 11 is 0. The molecule has 0 radical (unpaired) electrons. The number of aliphatic imine (C=N–C) groups is 1. The molecule has 0 saturated heterocycles. The van der Waals surface area contributed by atoms with Crippen molar-refractivity contribution in [3.63, 3.8) is 0 Å². The lowest BCUT2D eigenvalue weighted by molar-refractivity contribution is 1.59. The molecule has 0 atom stereocenters. The third-order valence-corrected chi connectivity index (χ3v) is 1.08. The van der Waals surface area contributed by atoms with E-state index in [9.17, 15) is 0 Å². The van der Waals surface area contributed by atoms with Crippen molar-refractivity contribution in [1.29, 1.82) is 0 Å². The van der Waals surface area contributed by atoms with Gasteiger partial charge in [-0.25, -0.2) is 0 Å². The minimum atomic E-state index is 0.591. The molecule has 0 bridgehead atoms. The summed E-state index contributed by atoms with van der Waals surface area (Å²) in [4.78, 5) is 3.56. The Hall–Kier alpha value is -2.61. The summed E-state index contributed by atoms with van der Waals surface area (Å²) in [7, 11) is 0. The highest BCUT2D eigenvalue weighted by atomic mass is 14.6. The van der Waals surface area contributed by atoms with E-state index in [-0.39, 0.29) is 0 Å². The van der Waals surface area contributed by atoms with Gasteiger partial charge < -0.3 is 0 Å². The third kappa shape index (κ3) is 7.74. The lowest BCUT2D eigenvalue weighted by atomic mass is 10.3. The third-order valence-electron chi connectivity index (χ3n) is 1.08. The molecule has 0 heterocycles. The molecule has 0 amide bonds. The first-order valence-electron chi connectivity index (χ1n) is 4.05. The van der Waals surface area contributed by atoms with Crippen LogP contribution >= 0.6 is 0 Å². The molecular formula is C14H9N. The molecule has 15 heavy (non-hydrogen) atoms. The zero-order valence-electron chi connectivity index (χ0n) is 8.52. The Balaban J connectivity index is 5.34. The van der Waals surface area contributed by atoms with Crippen LogP contribution in [0.4, 0.5) is 0 Å². The summed E-state index contributed by atoms with van der Waals surface area (Å²) in [5.74, 6) is 10.7. The first-order chi connectivity index (χ1) is 7.35. The van der Waals surface area contributed by atoms with Crippen LogP contribution in [0, 0.1) is 23.7 Å². The predicted octanol–water partition coefficient (Wildman–Crippen LogP) is 2.40. The zero-order valence-corrected chi connectivity index (χ0v) is 8.52. The molecule has 0 rings (SSSR count). The van der Waals surface area contributed by atoms with E-state index in [1.165, 1.54) is 6.20 Å². The molecule has 0 aromatic carbocycles. The van der Waals surface area contributed by atoms with E-state index in [2.05, 4.69) is 64.9 Å². The molecule has 0 saturated carbocycles. The summed E-state index contributed by atoms with van der Waals surface area (Å²) in [6.07, 6.45) is 3.16. The van der Waals surface area contributed by atoms with E-state index in [4.69, 9.17) is 0 Å². The highest BCUT2D eigenvalue weighted by Gasteiger charge is 1.79. The van der Waals surface area contributed by atoms with Crippen LogP contribution in [-0.2, 0) is 0 Å². The Morgan fingerprint density at radius 2 is 2.07 bits per heavy atom. The van der Waals surface area contributed by atoms with Gasteiger partial charge in [-0.3, -0.25) is 4.99 Å². The maximum Gasteiger partial charge on any atom is 0.0779 e. The number of hydrogen-bond acceptors (Lipinski definition) is 1. The van der Waals surface area contributed by atoms with Gasteiger partial charge in [0, 0.05) is 6.20 Å². The van der Waals surface area contributed by atoms with Crippen molar-refractivity contribution in [2.75, 3.05) is 0 Å². The van der Waals surface area contributed by atoms with Crippen molar-refractivity contribution >= 4 is 6.72 Å². The summed E-state index contributed by atoms with van der Waals surface area (Å²) in [6, 6.07) is 0. The molecule has 0 unspecified atom stereocenters. The second-order valence-corrected chi connectivity index (χ2v) is 2.09. The van der Waals surface area contributed by atoms with Gasteiger partial charge in [0.15, 0.2) is 0 Å². The standard InChI is InChI=1S/C14H9N/c1-4-6-8-10-14(12-13-15-3)11-9-7-5-2/h12-13H,1,3H2,2H3/b13-12-. The van der Waals surface area contributed by atoms with Gasteiger partial charge in [0.1, 0.15) is 0 Å². The molecule has 0 aromatic heterocycles. The van der Waals surface area contributed by atoms with E-state index in [1.807, 2.05) is 0 Å². The van der Waals surface area contributed by atoms with Gasteiger partial charge >= 0.3 is 0 Å². The molecule has 0 spiro atoms. The molecular weight excluding hydrogens is 182 g/mol. The molecule has 1 nitrogen and oxygen atoms in total. The van der Waals surface area contributed by atoms with Crippen LogP contribution in [0.1, 0.15) is 6.92 Å². The summed E-state index contributed by atoms with van der Waals surface area (Å²) in [6.45, 7) is 8.37. The zero-order chi connectivity index (χ0) is 11.4. The van der Waals surface area contributed by atoms with Gasteiger partial charge in [0.2, 0.25) is 0 Å². The van der Waals surface area contributed by atoms with Crippen LogP contribution < -0.4 is 0 Å². The average molecular weight is 191 g/mol. The van der Waals surface area contributed by atoms with Crippen molar-refractivity contribution in [3.8, 4) is 23.7 Å². The predicted molar refractivity (Wildman–Crippen MR) is 63.1 cm³/mol. The molecule has 0 fully saturated rings. The minimum Gasteiger partial charge on any atom is -0.272 e. The van der Waals surface area contributed by atoms with Crippen LogP contribution in [0.25, 0.3) is 0 Å². The van der Waals surface area contributed by atoms with E-state index in [0.29, 0.717) is 5.57 Å². The first kappa shape index (κ1) is 12.4. The average Bonchev–Trinajstić information content (AvgIpc) is 2.25. The first-order valence-corrected chi connectivity index (χ1v) is 4.05. The van der Waals surface area contributed by atoms with Crippen molar-refractivity contribution in [1.82, 2.24) is 0 Å². The largest absolute Gasteiger partial charge is 0.272 e. The second-order valence-electron chi connectivity index (χ2n) is 2.09.